The number of aliphatic carboxylic acids is 1. The summed E-state index contributed by atoms with van der Waals surface area (Å²) in [5.41, 5.74) is 1.29. The number of allylic oxidation sites excluding steroid dienone is 1. The first-order valence-corrected chi connectivity index (χ1v) is 3.43. The second kappa shape index (κ2) is 12.4. The van der Waals surface area contributed by atoms with Crippen LogP contribution in [0.1, 0.15) is 20.8 Å². The van der Waals surface area contributed by atoms with Gasteiger partial charge in [-0.15, -0.1) is 26.3 Å². The maximum Gasteiger partial charge on any atom is 0.331 e. The lowest BCUT2D eigenvalue weighted by Gasteiger charge is -1.92. The van der Waals surface area contributed by atoms with Crippen molar-refractivity contribution in [1.82, 2.24) is 0 Å². The van der Waals surface area contributed by atoms with Crippen molar-refractivity contribution in [3.8, 4) is 0 Å². The van der Waals surface area contributed by atoms with Gasteiger partial charge in [-0.1, -0.05) is 5.57 Å². The minimum Gasteiger partial charge on any atom is -0.478 e. The topological polar surface area (TPSA) is 37.3 Å². The maximum atomic E-state index is 10.1. The van der Waals surface area contributed by atoms with Crippen LogP contribution >= 0.6 is 0 Å². The largest absolute Gasteiger partial charge is 0.478 e. The van der Waals surface area contributed by atoms with Crippen LogP contribution in [-0.4, -0.2) is 11.1 Å². The molecule has 12 heavy (non-hydrogen) atoms. The van der Waals surface area contributed by atoms with Crippen molar-refractivity contribution >= 4 is 5.97 Å². The zero-order valence-electron chi connectivity index (χ0n) is 8.18. The number of carboxylic acid groups (broad SMARTS) is 1. The Morgan fingerprint density at radius 3 is 1.25 bits per heavy atom. The molecule has 0 bridgehead atoms. The highest BCUT2D eigenvalue weighted by Crippen LogP contribution is 1.99. The van der Waals surface area contributed by atoms with Crippen LogP contribution in [0.5, 0.6) is 0 Å². The quantitative estimate of drug-likeness (QED) is 0.485. The molecule has 70 valence electrons. The maximum absolute atomic E-state index is 10.1. The van der Waals surface area contributed by atoms with Crippen LogP contribution in [0.2, 0.25) is 0 Å². The highest BCUT2D eigenvalue weighted by Gasteiger charge is 1.98. The van der Waals surface area contributed by atoms with Gasteiger partial charge in [0.05, 0.1) is 0 Å². The van der Waals surface area contributed by atoms with Crippen molar-refractivity contribution in [2.24, 2.45) is 0 Å². The van der Waals surface area contributed by atoms with Crippen molar-refractivity contribution in [2.45, 2.75) is 20.8 Å². The molecule has 0 aromatic heterocycles. The van der Waals surface area contributed by atoms with E-state index in [0.717, 1.165) is 5.57 Å². The molecule has 1 N–H and O–H groups in total. The Bertz CT molecular complexity index is 151. The summed E-state index contributed by atoms with van der Waals surface area (Å²) >= 11 is 0. The van der Waals surface area contributed by atoms with Crippen LogP contribution in [0.3, 0.4) is 0 Å². The molecule has 0 fully saturated rings. The Kier molecular flexibility index (Phi) is 17.5. The van der Waals surface area contributed by atoms with E-state index in [4.69, 9.17) is 5.11 Å². The molecule has 0 rings (SSSR count). The fraction of sp³-hybridized carbons (Fsp3) is 0.300. The van der Waals surface area contributed by atoms with E-state index in [-0.39, 0.29) is 0 Å². The Morgan fingerprint density at radius 2 is 1.25 bits per heavy atom. The summed E-state index contributed by atoms with van der Waals surface area (Å²) in [5, 5.41) is 8.29. The van der Waals surface area contributed by atoms with Gasteiger partial charge in [0.25, 0.3) is 0 Å². The first kappa shape index (κ1) is 17.0. The molecule has 2 heteroatoms. The molecular formula is C10H18O2. The monoisotopic (exact) mass is 170 g/mol. The highest BCUT2D eigenvalue weighted by atomic mass is 16.4. The number of carbonyl (C=O) groups is 1. The number of carboxylic acids is 1. The molecular weight excluding hydrogens is 152 g/mol. The predicted molar refractivity (Wildman–Crippen MR) is 54.2 cm³/mol. The number of hydrogen-bond donors (Lipinski definition) is 1. The zero-order valence-corrected chi connectivity index (χ0v) is 8.18. The summed E-state index contributed by atoms with van der Waals surface area (Å²) in [5.74, 6) is -0.829. The number of hydrogen-bond acceptors (Lipinski definition) is 1. The Hall–Kier alpha value is -1.31. The van der Waals surface area contributed by atoms with E-state index in [1.807, 2.05) is 0 Å². The van der Waals surface area contributed by atoms with Crippen molar-refractivity contribution in [2.75, 3.05) is 0 Å². The van der Waals surface area contributed by atoms with Gasteiger partial charge in [0.15, 0.2) is 0 Å². The molecule has 0 atom stereocenters. The van der Waals surface area contributed by atoms with Gasteiger partial charge in [0.1, 0.15) is 0 Å². The number of rotatable bonds is 1. The van der Waals surface area contributed by atoms with Crippen molar-refractivity contribution in [3.63, 3.8) is 0 Å². The fourth-order valence-corrected chi connectivity index (χ4v) is 0.214. The molecule has 0 unspecified atom stereocenters. The van der Waals surface area contributed by atoms with E-state index in [9.17, 15) is 4.79 Å². The van der Waals surface area contributed by atoms with E-state index >= 15 is 0 Å². The smallest absolute Gasteiger partial charge is 0.331 e. The SMILES string of the molecule is C=C.C=C.CC(C)=C(C)C(=O)O. The standard InChI is InChI=1S/C6H10O2.2C2H4/c1-4(2)5(3)6(7)8;2*1-2/h1-3H3,(H,7,8);2*1-2H2. The Balaban J connectivity index is -0.000000175. The zero-order chi connectivity index (χ0) is 10.7. The van der Waals surface area contributed by atoms with E-state index in [1.165, 1.54) is 0 Å². The van der Waals surface area contributed by atoms with Crippen LogP contribution in [0, 0.1) is 0 Å². The minimum atomic E-state index is -0.829. The summed E-state index contributed by atoms with van der Waals surface area (Å²) < 4.78 is 0. The molecule has 0 radical (unpaired) electrons. The van der Waals surface area contributed by atoms with Crippen LogP contribution in [-0.2, 0) is 4.79 Å². The average molecular weight is 170 g/mol. The molecule has 0 saturated heterocycles. The van der Waals surface area contributed by atoms with Gasteiger partial charge in [-0.05, 0) is 20.8 Å². The molecule has 2 nitrogen and oxygen atoms in total. The van der Waals surface area contributed by atoms with Gasteiger partial charge in [0, 0.05) is 5.57 Å². The third kappa shape index (κ3) is 11.5. The van der Waals surface area contributed by atoms with Gasteiger partial charge in [-0.2, -0.15) is 0 Å². The first-order chi connectivity index (χ1) is 5.55. The van der Waals surface area contributed by atoms with E-state index in [0.29, 0.717) is 5.57 Å². The third-order valence-corrected chi connectivity index (χ3v) is 1.07. The second-order valence-corrected chi connectivity index (χ2v) is 1.93. The lowest BCUT2D eigenvalue weighted by Crippen LogP contribution is -1.97. The van der Waals surface area contributed by atoms with Gasteiger partial charge in [0.2, 0.25) is 0 Å². The summed E-state index contributed by atoms with van der Waals surface area (Å²) in [6, 6.07) is 0. The molecule has 0 aromatic rings. The predicted octanol–water partition coefficient (Wildman–Crippen LogP) is 3.03. The van der Waals surface area contributed by atoms with E-state index in [1.54, 1.807) is 20.8 Å². The molecule has 0 aromatic carbocycles. The summed E-state index contributed by atoms with van der Waals surface area (Å²) in [6.45, 7) is 17.2. The first-order valence-electron chi connectivity index (χ1n) is 3.43. The molecule has 0 aliphatic heterocycles. The lowest BCUT2D eigenvalue weighted by molar-refractivity contribution is -0.132. The molecule has 0 heterocycles. The lowest BCUT2D eigenvalue weighted by atomic mass is 10.2. The summed E-state index contributed by atoms with van der Waals surface area (Å²) in [4.78, 5) is 10.1. The molecule has 0 aliphatic carbocycles. The Labute approximate surface area is 74.9 Å². The van der Waals surface area contributed by atoms with Crippen LogP contribution in [0.4, 0.5) is 0 Å². The summed E-state index contributed by atoms with van der Waals surface area (Å²) in [6.07, 6.45) is 0. The van der Waals surface area contributed by atoms with Gasteiger partial charge in [-0.3, -0.25) is 0 Å². The third-order valence-electron chi connectivity index (χ3n) is 1.07. The Morgan fingerprint density at radius 1 is 1.00 bits per heavy atom. The van der Waals surface area contributed by atoms with Crippen LogP contribution in [0.25, 0.3) is 0 Å². The van der Waals surface area contributed by atoms with Gasteiger partial charge >= 0.3 is 5.97 Å². The van der Waals surface area contributed by atoms with Crippen LogP contribution in [0.15, 0.2) is 37.5 Å². The normalized spacial score (nSPS) is 6.25. The molecule has 0 spiro atoms. The second-order valence-electron chi connectivity index (χ2n) is 1.93. The minimum absolute atomic E-state index is 0.435. The molecule has 0 aliphatic rings. The molecule has 0 saturated carbocycles. The molecule has 0 amide bonds. The van der Waals surface area contributed by atoms with Gasteiger partial charge < -0.3 is 5.11 Å². The van der Waals surface area contributed by atoms with E-state index in [2.05, 4.69) is 26.3 Å². The van der Waals surface area contributed by atoms with Crippen molar-refractivity contribution < 1.29 is 9.90 Å². The summed E-state index contributed by atoms with van der Waals surface area (Å²) in [7, 11) is 0. The average Bonchev–Trinajstić information content (AvgIpc) is 2.10. The highest BCUT2D eigenvalue weighted by molar-refractivity contribution is 5.86. The van der Waals surface area contributed by atoms with Crippen LogP contribution < -0.4 is 0 Å². The van der Waals surface area contributed by atoms with Crippen molar-refractivity contribution in [3.05, 3.63) is 37.5 Å². The van der Waals surface area contributed by atoms with E-state index < -0.39 is 5.97 Å². The van der Waals surface area contributed by atoms with Crippen molar-refractivity contribution in [1.29, 1.82) is 0 Å². The fourth-order valence-electron chi connectivity index (χ4n) is 0.214. The van der Waals surface area contributed by atoms with Gasteiger partial charge in [-0.25, -0.2) is 4.79 Å².